The van der Waals surface area contributed by atoms with Crippen LogP contribution in [-0.4, -0.2) is 43.7 Å². The van der Waals surface area contributed by atoms with Crippen LogP contribution in [0.3, 0.4) is 0 Å². The van der Waals surface area contributed by atoms with E-state index in [-0.39, 0.29) is 17.6 Å². The Morgan fingerprint density at radius 1 is 1.24 bits per heavy atom. The molecule has 0 bridgehead atoms. The van der Waals surface area contributed by atoms with Gasteiger partial charge in [0.2, 0.25) is 5.91 Å². The number of aryl methyl sites for hydroxylation is 1. The Hall–Kier alpha value is -3.20. The van der Waals surface area contributed by atoms with E-state index in [4.69, 9.17) is 10.7 Å². The Morgan fingerprint density at radius 3 is 2.79 bits per heavy atom. The van der Waals surface area contributed by atoms with Crippen LogP contribution in [0, 0.1) is 5.82 Å². The van der Waals surface area contributed by atoms with Gasteiger partial charge in [-0.1, -0.05) is 30.0 Å². The van der Waals surface area contributed by atoms with Gasteiger partial charge in [0, 0.05) is 23.4 Å². The smallest absolute Gasteiger partial charge is 0.302 e. The Balaban J connectivity index is 1.77. The predicted molar refractivity (Wildman–Crippen MR) is 111 cm³/mol. The number of amides is 2. The molecule has 4 rings (SSSR count). The van der Waals surface area contributed by atoms with E-state index < -0.39 is 5.91 Å². The first-order chi connectivity index (χ1) is 14.0. The average Bonchev–Trinajstić information content (AvgIpc) is 3.07. The molecular weight excluding hydrogens is 393 g/mol. The molecular formula is C20H18FN5O2S. The second-order valence-electron chi connectivity index (χ2n) is 6.52. The number of primary amides is 1. The lowest BCUT2D eigenvalue weighted by Crippen LogP contribution is -2.36. The standard InChI is InChI=1S/C20H18FN5O2S/c1-2-25-17-7-6-12(16-11-29-20(28)26(24-16)10-18(22)27)9-15(17)23-19(25)13-4-3-5-14(21)8-13/h3-9H,2,10-11H2,1H3,(H2,22,27). The van der Waals surface area contributed by atoms with Gasteiger partial charge in [0.25, 0.3) is 0 Å². The summed E-state index contributed by atoms with van der Waals surface area (Å²) in [5.41, 5.74) is 9.03. The first-order valence-corrected chi connectivity index (χ1v) is 10.0. The lowest BCUT2D eigenvalue weighted by atomic mass is 10.1. The molecule has 7 nitrogen and oxygen atoms in total. The van der Waals surface area contributed by atoms with E-state index in [9.17, 15) is 14.0 Å². The maximum Gasteiger partial charge on any atom is 0.302 e. The Morgan fingerprint density at radius 2 is 2.07 bits per heavy atom. The minimum absolute atomic E-state index is 0.258. The van der Waals surface area contributed by atoms with Gasteiger partial charge >= 0.3 is 5.24 Å². The fourth-order valence-corrected chi connectivity index (χ4v) is 4.02. The summed E-state index contributed by atoms with van der Waals surface area (Å²) in [4.78, 5) is 27.8. The third-order valence-corrected chi connectivity index (χ3v) is 5.45. The van der Waals surface area contributed by atoms with Crippen LogP contribution in [0.2, 0.25) is 0 Å². The van der Waals surface area contributed by atoms with Crippen molar-refractivity contribution >= 4 is 39.7 Å². The Bertz CT molecular complexity index is 1160. The van der Waals surface area contributed by atoms with Crippen LogP contribution in [0.1, 0.15) is 12.5 Å². The van der Waals surface area contributed by atoms with Crippen LogP contribution >= 0.6 is 11.8 Å². The normalized spacial score (nSPS) is 14.3. The van der Waals surface area contributed by atoms with Gasteiger partial charge in [-0.15, -0.1) is 0 Å². The van der Waals surface area contributed by atoms with Gasteiger partial charge in [-0.25, -0.2) is 14.4 Å². The van der Waals surface area contributed by atoms with E-state index in [2.05, 4.69) is 5.10 Å². The molecule has 1 aromatic heterocycles. The molecule has 2 aromatic carbocycles. The van der Waals surface area contributed by atoms with E-state index >= 15 is 0 Å². The van der Waals surface area contributed by atoms with E-state index in [1.54, 1.807) is 6.07 Å². The van der Waals surface area contributed by atoms with Crippen molar-refractivity contribution in [3.8, 4) is 11.4 Å². The zero-order valence-corrected chi connectivity index (χ0v) is 16.4. The number of fused-ring (bicyclic) bond motifs is 1. The van der Waals surface area contributed by atoms with Crippen molar-refractivity contribution in [2.75, 3.05) is 12.3 Å². The molecule has 0 saturated heterocycles. The molecule has 0 fully saturated rings. The average molecular weight is 411 g/mol. The number of carbonyl (C=O) groups is 2. The molecule has 1 aliphatic heterocycles. The second kappa shape index (κ2) is 7.67. The number of nitrogens with two attached hydrogens (primary N) is 1. The molecule has 2 heterocycles. The van der Waals surface area contributed by atoms with Crippen molar-refractivity contribution in [3.63, 3.8) is 0 Å². The first kappa shape index (κ1) is 19.1. The molecule has 0 saturated carbocycles. The van der Waals surface area contributed by atoms with E-state index in [0.29, 0.717) is 29.4 Å². The zero-order chi connectivity index (χ0) is 20.5. The molecule has 0 radical (unpaired) electrons. The van der Waals surface area contributed by atoms with Crippen LogP contribution < -0.4 is 5.73 Å². The van der Waals surface area contributed by atoms with Crippen molar-refractivity contribution < 1.29 is 14.0 Å². The minimum atomic E-state index is -0.624. The summed E-state index contributed by atoms with van der Waals surface area (Å²) in [5.74, 6) is 0.140. The van der Waals surface area contributed by atoms with Crippen molar-refractivity contribution in [2.45, 2.75) is 13.5 Å². The molecule has 2 amide bonds. The number of carbonyl (C=O) groups excluding carboxylic acids is 2. The topological polar surface area (TPSA) is 93.6 Å². The van der Waals surface area contributed by atoms with Crippen LogP contribution in [-0.2, 0) is 11.3 Å². The van der Waals surface area contributed by atoms with Gasteiger partial charge in [-0.2, -0.15) is 5.10 Å². The summed E-state index contributed by atoms with van der Waals surface area (Å²) < 4.78 is 15.7. The number of hydrogen-bond acceptors (Lipinski definition) is 5. The molecule has 0 spiro atoms. The quantitative estimate of drug-likeness (QED) is 0.698. The van der Waals surface area contributed by atoms with Crippen molar-refractivity contribution in [3.05, 3.63) is 53.8 Å². The van der Waals surface area contributed by atoms with Crippen LogP contribution in [0.25, 0.3) is 22.4 Å². The van der Waals surface area contributed by atoms with Gasteiger partial charge in [0.05, 0.1) is 16.7 Å². The molecule has 29 heavy (non-hydrogen) atoms. The highest BCUT2D eigenvalue weighted by molar-refractivity contribution is 8.14. The number of aromatic nitrogens is 2. The molecule has 0 unspecified atom stereocenters. The molecule has 1 aliphatic rings. The predicted octanol–water partition coefficient (Wildman–Crippen LogP) is 3.22. The zero-order valence-electron chi connectivity index (χ0n) is 15.6. The summed E-state index contributed by atoms with van der Waals surface area (Å²) in [6, 6.07) is 12.1. The number of imidazole rings is 1. The van der Waals surface area contributed by atoms with Gasteiger partial charge < -0.3 is 10.3 Å². The Kier molecular flexibility index (Phi) is 5.06. The third-order valence-electron chi connectivity index (χ3n) is 4.57. The summed E-state index contributed by atoms with van der Waals surface area (Å²) in [6.45, 7) is 2.43. The van der Waals surface area contributed by atoms with E-state index in [1.165, 1.54) is 12.1 Å². The molecule has 3 aromatic rings. The lowest BCUT2D eigenvalue weighted by Gasteiger charge is -2.21. The number of benzene rings is 2. The number of halogens is 1. The maximum absolute atomic E-state index is 13.7. The molecule has 0 aliphatic carbocycles. The Labute approximate surface area is 170 Å². The summed E-state index contributed by atoms with van der Waals surface area (Å²) in [6.07, 6.45) is 0. The highest BCUT2D eigenvalue weighted by Crippen LogP contribution is 2.27. The van der Waals surface area contributed by atoms with E-state index in [1.807, 2.05) is 35.8 Å². The SMILES string of the molecule is CCn1c(-c2cccc(F)c2)nc2cc(C3=NN(CC(N)=O)C(=O)SC3)ccc21. The number of nitrogens with zero attached hydrogens (tertiary/aromatic N) is 4. The molecule has 9 heteroatoms. The van der Waals surface area contributed by atoms with Crippen molar-refractivity contribution in [1.82, 2.24) is 14.6 Å². The first-order valence-electron chi connectivity index (χ1n) is 9.03. The number of rotatable bonds is 5. The number of hydrazone groups is 1. The fraction of sp³-hybridized carbons (Fsp3) is 0.200. The van der Waals surface area contributed by atoms with Gasteiger partial charge in [-0.05, 0) is 31.2 Å². The second-order valence-corrected chi connectivity index (χ2v) is 7.45. The lowest BCUT2D eigenvalue weighted by molar-refractivity contribution is -0.118. The van der Waals surface area contributed by atoms with Gasteiger partial charge in [0.15, 0.2) is 0 Å². The largest absolute Gasteiger partial charge is 0.368 e. The summed E-state index contributed by atoms with van der Waals surface area (Å²) >= 11 is 1.07. The van der Waals surface area contributed by atoms with Crippen molar-refractivity contribution in [1.29, 1.82) is 0 Å². The molecule has 0 atom stereocenters. The van der Waals surface area contributed by atoms with E-state index in [0.717, 1.165) is 33.4 Å². The highest BCUT2D eigenvalue weighted by Gasteiger charge is 2.24. The van der Waals surface area contributed by atoms with Crippen LogP contribution in [0.5, 0.6) is 0 Å². The molecule has 2 N–H and O–H groups in total. The monoisotopic (exact) mass is 411 g/mol. The van der Waals surface area contributed by atoms with Gasteiger partial charge in [-0.3, -0.25) is 9.59 Å². The third kappa shape index (κ3) is 3.73. The van der Waals surface area contributed by atoms with Crippen LogP contribution in [0.15, 0.2) is 47.6 Å². The minimum Gasteiger partial charge on any atom is -0.368 e. The van der Waals surface area contributed by atoms with Gasteiger partial charge in [0.1, 0.15) is 18.2 Å². The number of thioether (sulfide) groups is 1. The molecule has 148 valence electrons. The van der Waals surface area contributed by atoms with Crippen molar-refractivity contribution in [2.24, 2.45) is 10.8 Å². The summed E-state index contributed by atoms with van der Waals surface area (Å²) in [7, 11) is 0. The summed E-state index contributed by atoms with van der Waals surface area (Å²) in [5, 5.41) is 5.07. The maximum atomic E-state index is 13.7. The van der Waals surface area contributed by atoms with Crippen LogP contribution in [0.4, 0.5) is 9.18 Å². The fourth-order valence-electron chi connectivity index (χ4n) is 3.29. The number of hydrogen-bond donors (Lipinski definition) is 1. The highest BCUT2D eigenvalue weighted by atomic mass is 32.2.